The van der Waals surface area contributed by atoms with E-state index in [1.807, 2.05) is 0 Å². The summed E-state index contributed by atoms with van der Waals surface area (Å²) in [5, 5.41) is 3.97. The number of rotatable bonds is 5. The van der Waals surface area contributed by atoms with Crippen molar-refractivity contribution in [3.05, 3.63) is 29.3 Å². The summed E-state index contributed by atoms with van der Waals surface area (Å²) in [5.74, 6) is 3.07. The third-order valence-electron chi connectivity index (χ3n) is 8.55. The molecule has 1 aromatic rings. The van der Waals surface area contributed by atoms with E-state index in [1.54, 1.807) is 28.6 Å². The number of hydrogen-bond acceptors (Lipinski definition) is 3. The molecule has 5 nitrogen and oxygen atoms in total. The van der Waals surface area contributed by atoms with Gasteiger partial charge in [0, 0.05) is 29.6 Å². The fourth-order valence-corrected chi connectivity index (χ4v) is 9.33. The number of nitrogens with one attached hydrogen (secondary N) is 1. The summed E-state index contributed by atoms with van der Waals surface area (Å²) in [5.41, 5.74) is -0.0516. The number of benzene rings is 1. The van der Waals surface area contributed by atoms with Gasteiger partial charge in [0.1, 0.15) is 0 Å². The number of amides is 1. The number of carbonyl (C=O) groups is 1. The second-order valence-electron chi connectivity index (χ2n) is 11.1. The molecule has 3 aliphatic carbocycles. The van der Waals surface area contributed by atoms with Crippen LogP contribution < -0.4 is 5.32 Å². The van der Waals surface area contributed by atoms with Crippen molar-refractivity contribution in [1.29, 1.82) is 0 Å². The van der Waals surface area contributed by atoms with E-state index in [2.05, 4.69) is 12.2 Å². The molecule has 176 valence electrons. The van der Waals surface area contributed by atoms with Crippen LogP contribution in [0.2, 0.25) is 5.02 Å². The van der Waals surface area contributed by atoms with Gasteiger partial charge in [-0.1, -0.05) is 24.9 Å². The van der Waals surface area contributed by atoms with Gasteiger partial charge in [0.25, 0.3) is 0 Å². The highest BCUT2D eigenvalue weighted by atomic mass is 35.5. The van der Waals surface area contributed by atoms with Crippen LogP contribution in [0.4, 0.5) is 0 Å². The van der Waals surface area contributed by atoms with Crippen LogP contribution in [0, 0.1) is 23.7 Å². The van der Waals surface area contributed by atoms with Gasteiger partial charge >= 0.3 is 0 Å². The average molecular weight is 479 g/mol. The first-order valence-electron chi connectivity index (χ1n) is 12.3. The summed E-state index contributed by atoms with van der Waals surface area (Å²) in [6.07, 6.45) is 10.0. The van der Waals surface area contributed by atoms with Crippen LogP contribution in [0.1, 0.15) is 71.1 Å². The smallest absolute Gasteiger partial charge is 0.243 e. The Labute approximate surface area is 197 Å². The van der Waals surface area contributed by atoms with E-state index >= 15 is 0 Å². The molecule has 1 N–H and O–H groups in total. The molecule has 0 spiro atoms. The van der Waals surface area contributed by atoms with Gasteiger partial charge in [-0.3, -0.25) is 4.79 Å². The highest BCUT2D eigenvalue weighted by Gasteiger charge is 2.53. The fraction of sp³-hybridized carbons (Fsp3) is 0.720. The summed E-state index contributed by atoms with van der Waals surface area (Å²) in [6.45, 7) is 2.86. The summed E-state index contributed by atoms with van der Waals surface area (Å²) < 4.78 is 28.2. The Hall–Kier alpha value is -1.11. The summed E-state index contributed by atoms with van der Waals surface area (Å²) in [7, 11) is -3.64. The standard InChI is InChI=1S/C25H35ClN2O3S/c1-17-10-18-12-20-16-25(14-18,15-19(20)11-17)27-24(29)13-22-4-2-3-9-28(22)32(30,31)23-7-5-21(26)6-8-23/h5-8,17-20,22H,2-4,9-16H2,1H3,(H,27,29)/t17-,18-,19-,20?,22?,25+/m0/s1. The topological polar surface area (TPSA) is 66.5 Å². The summed E-state index contributed by atoms with van der Waals surface area (Å²) >= 11 is 5.95. The molecule has 2 unspecified atom stereocenters. The maximum absolute atomic E-state index is 13.3. The minimum Gasteiger partial charge on any atom is -0.351 e. The van der Waals surface area contributed by atoms with Crippen LogP contribution in [0.15, 0.2) is 29.2 Å². The predicted molar refractivity (Wildman–Crippen MR) is 126 cm³/mol. The molecule has 32 heavy (non-hydrogen) atoms. The minimum absolute atomic E-state index is 0.0295. The van der Waals surface area contributed by atoms with Crippen molar-refractivity contribution < 1.29 is 13.2 Å². The van der Waals surface area contributed by atoms with Gasteiger partial charge < -0.3 is 5.32 Å². The van der Waals surface area contributed by atoms with Gasteiger partial charge in [0.05, 0.1) is 4.90 Å². The molecule has 1 aliphatic heterocycles. The predicted octanol–water partition coefficient (Wildman–Crippen LogP) is 4.99. The molecule has 4 aliphatic rings. The zero-order valence-corrected chi connectivity index (χ0v) is 20.5. The first kappa shape index (κ1) is 22.7. The Bertz CT molecular complexity index is 962. The first-order valence-corrected chi connectivity index (χ1v) is 14.1. The second-order valence-corrected chi connectivity index (χ2v) is 13.4. The third-order valence-corrected chi connectivity index (χ3v) is 10.8. The number of sulfonamides is 1. The Morgan fingerprint density at radius 1 is 1.09 bits per heavy atom. The number of hydrogen-bond donors (Lipinski definition) is 1. The van der Waals surface area contributed by atoms with Crippen LogP contribution in [-0.4, -0.2) is 36.8 Å². The van der Waals surface area contributed by atoms with Crippen LogP contribution in [0.25, 0.3) is 0 Å². The van der Waals surface area contributed by atoms with Crippen molar-refractivity contribution >= 4 is 27.5 Å². The minimum atomic E-state index is -3.64. The highest BCUT2D eigenvalue weighted by Crippen LogP contribution is 2.56. The Morgan fingerprint density at radius 2 is 1.81 bits per heavy atom. The summed E-state index contributed by atoms with van der Waals surface area (Å²) in [6, 6.07) is 6.06. The maximum Gasteiger partial charge on any atom is 0.243 e. The fourth-order valence-electron chi connectivity index (χ4n) is 7.51. The molecule has 3 bridgehead atoms. The van der Waals surface area contributed by atoms with Gasteiger partial charge in [-0.25, -0.2) is 8.42 Å². The van der Waals surface area contributed by atoms with Gasteiger partial charge in [-0.15, -0.1) is 0 Å². The molecule has 7 heteroatoms. The van der Waals surface area contributed by atoms with Gasteiger partial charge in [0.15, 0.2) is 0 Å². The van der Waals surface area contributed by atoms with Crippen molar-refractivity contribution in [3.8, 4) is 0 Å². The molecular formula is C25H35ClN2O3S. The van der Waals surface area contributed by atoms with E-state index in [0.29, 0.717) is 11.6 Å². The molecule has 6 atom stereocenters. The maximum atomic E-state index is 13.3. The monoisotopic (exact) mass is 478 g/mol. The van der Waals surface area contributed by atoms with E-state index in [1.165, 1.54) is 19.3 Å². The molecular weight excluding hydrogens is 444 g/mol. The van der Waals surface area contributed by atoms with E-state index in [4.69, 9.17) is 11.6 Å². The third kappa shape index (κ3) is 4.35. The van der Waals surface area contributed by atoms with E-state index < -0.39 is 10.0 Å². The van der Waals surface area contributed by atoms with Gasteiger partial charge in [0.2, 0.25) is 15.9 Å². The van der Waals surface area contributed by atoms with Crippen LogP contribution in [0.3, 0.4) is 0 Å². The van der Waals surface area contributed by atoms with E-state index in [0.717, 1.165) is 62.2 Å². The average Bonchev–Trinajstić information content (AvgIpc) is 2.90. The number of piperidine rings is 1. The SMILES string of the molecule is C[C@H]1C[C@H]2CC3C[C@@](NC(=O)CC4CCCCN4S(=O)(=O)c4ccc(Cl)cc4)(C2)C[C@@H]3C1. The van der Waals surface area contributed by atoms with Crippen molar-refractivity contribution in [2.24, 2.45) is 23.7 Å². The molecule has 5 rings (SSSR count). The van der Waals surface area contributed by atoms with E-state index in [9.17, 15) is 13.2 Å². The largest absolute Gasteiger partial charge is 0.351 e. The van der Waals surface area contributed by atoms with E-state index in [-0.39, 0.29) is 28.8 Å². The van der Waals surface area contributed by atoms with Crippen molar-refractivity contribution in [2.45, 2.75) is 87.6 Å². The van der Waals surface area contributed by atoms with Crippen LogP contribution in [0.5, 0.6) is 0 Å². The molecule has 0 radical (unpaired) electrons. The molecule has 1 amide bonds. The highest BCUT2D eigenvalue weighted by molar-refractivity contribution is 7.89. The number of carbonyl (C=O) groups excluding carboxylic acids is 1. The van der Waals surface area contributed by atoms with Gasteiger partial charge in [-0.2, -0.15) is 4.31 Å². The Balaban J connectivity index is 1.29. The zero-order valence-electron chi connectivity index (χ0n) is 18.9. The lowest BCUT2D eigenvalue weighted by atomic mass is 9.74. The van der Waals surface area contributed by atoms with Gasteiger partial charge in [-0.05, 0) is 99.3 Å². The number of fused-ring (bicyclic) bond motifs is 2. The lowest BCUT2D eigenvalue weighted by molar-refractivity contribution is -0.124. The van der Waals surface area contributed by atoms with Crippen molar-refractivity contribution in [1.82, 2.24) is 9.62 Å². The first-order chi connectivity index (χ1) is 15.2. The lowest BCUT2D eigenvalue weighted by Gasteiger charge is -2.40. The molecule has 1 heterocycles. The molecule has 4 fully saturated rings. The van der Waals surface area contributed by atoms with Crippen LogP contribution >= 0.6 is 11.6 Å². The Morgan fingerprint density at radius 3 is 2.56 bits per heavy atom. The van der Waals surface area contributed by atoms with Crippen molar-refractivity contribution in [3.63, 3.8) is 0 Å². The van der Waals surface area contributed by atoms with Crippen LogP contribution in [-0.2, 0) is 14.8 Å². The number of halogens is 1. The van der Waals surface area contributed by atoms with Crippen molar-refractivity contribution in [2.75, 3.05) is 6.54 Å². The lowest BCUT2D eigenvalue weighted by Crippen LogP contribution is -2.52. The number of nitrogens with zero attached hydrogens (tertiary/aromatic N) is 1. The Kier molecular flexibility index (Phi) is 6.09. The second kappa shape index (κ2) is 8.59. The molecule has 3 saturated carbocycles. The quantitative estimate of drug-likeness (QED) is 0.647. The normalized spacial score (nSPS) is 37.2. The zero-order chi connectivity index (χ0) is 22.5. The molecule has 1 aromatic carbocycles. The molecule has 1 saturated heterocycles. The molecule has 0 aromatic heterocycles. The summed E-state index contributed by atoms with van der Waals surface area (Å²) in [4.78, 5) is 13.5.